The summed E-state index contributed by atoms with van der Waals surface area (Å²) in [4.78, 5) is 140. The Bertz CT molecular complexity index is 3990. The zero-order chi connectivity index (χ0) is 58.3. The molecular weight excluding hydrogens is 1180 g/mol. The van der Waals surface area contributed by atoms with E-state index in [0.717, 1.165) is 68.4 Å². The van der Waals surface area contributed by atoms with Gasteiger partial charge in [-0.05, 0) is 44.0 Å². The Labute approximate surface area is 486 Å². The topological polar surface area (TPSA) is 386 Å². The molecule has 6 amide bonds. The van der Waals surface area contributed by atoms with Crippen molar-refractivity contribution in [1.82, 2.24) is 61.5 Å². The van der Waals surface area contributed by atoms with E-state index in [4.69, 9.17) is 20.4 Å². The quantitative estimate of drug-likeness (QED) is 0.0810. The van der Waals surface area contributed by atoms with Crippen LogP contribution in [0.5, 0.6) is 5.75 Å². The zero-order valence-electron chi connectivity index (χ0n) is 42.7. The second-order valence-electron chi connectivity index (χ2n) is 18.2. The molecule has 0 radical (unpaired) electrons. The fourth-order valence-electron chi connectivity index (χ4n) is 8.44. The highest BCUT2D eigenvalue weighted by Gasteiger charge is 2.33. The third-order valence-electron chi connectivity index (χ3n) is 12.6. The summed E-state index contributed by atoms with van der Waals surface area (Å²) >= 11 is 5.73. The Hall–Kier alpha value is -8.43. The van der Waals surface area contributed by atoms with Gasteiger partial charge in [0.1, 0.15) is 83.3 Å². The van der Waals surface area contributed by atoms with Crippen LogP contribution in [0.4, 0.5) is 0 Å². The molecule has 1 aromatic carbocycles. The van der Waals surface area contributed by atoms with E-state index >= 15 is 0 Å². The first kappa shape index (κ1) is 56.8. The Kier molecular flexibility index (Phi) is 16.3. The van der Waals surface area contributed by atoms with E-state index in [-0.39, 0.29) is 99.9 Å². The number of esters is 1. The number of amides is 6. The number of thioether (sulfide) groups is 1. The number of ether oxygens (including phenoxy) is 1. The summed E-state index contributed by atoms with van der Waals surface area (Å²) in [6.07, 6.45) is -2.29. The lowest BCUT2D eigenvalue weighted by atomic mass is 10.1. The van der Waals surface area contributed by atoms with Gasteiger partial charge in [-0.3, -0.25) is 33.6 Å². The molecule has 25 nitrogen and oxygen atoms in total. The Morgan fingerprint density at radius 2 is 1.45 bits per heavy atom. The number of cyclic esters (lactones) is 1. The van der Waals surface area contributed by atoms with E-state index in [0.29, 0.717) is 22.0 Å². The van der Waals surface area contributed by atoms with Gasteiger partial charge in [0.25, 0.3) is 29.5 Å². The number of nitrogens with two attached hydrogens (primary N) is 1. The highest BCUT2D eigenvalue weighted by Crippen LogP contribution is 2.42. The Morgan fingerprint density at radius 3 is 2.17 bits per heavy atom. The summed E-state index contributed by atoms with van der Waals surface area (Å²) in [5, 5.41) is 55.1. The van der Waals surface area contributed by atoms with Crippen LogP contribution >= 0.6 is 68.4 Å². The number of aromatic amines is 1. The molecule has 7 aromatic heterocycles. The number of fused-ring (bicyclic) bond motifs is 13. The molecule has 0 saturated carbocycles. The molecule has 11 N–H and O–H groups in total. The van der Waals surface area contributed by atoms with Crippen LogP contribution in [0, 0.1) is 6.92 Å². The van der Waals surface area contributed by atoms with Crippen molar-refractivity contribution in [1.29, 1.82) is 0 Å². The minimum atomic E-state index is -1.84. The monoisotopic (exact) mass is 1220 g/mol. The van der Waals surface area contributed by atoms with E-state index in [1.165, 1.54) is 40.6 Å². The lowest BCUT2D eigenvalue weighted by Gasteiger charge is -2.21. The Balaban J connectivity index is 1.11. The van der Waals surface area contributed by atoms with Crippen molar-refractivity contribution in [2.24, 2.45) is 5.73 Å². The lowest BCUT2D eigenvalue weighted by molar-refractivity contribution is -0.155. The second kappa shape index (κ2) is 23.6. The molecule has 2 aliphatic heterocycles. The number of carbonyl (C=O) groups is 8. The number of carbonyl (C=O) groups excluding carboxylic acids is 8. The predicted octanol–water partition coefficient (Wildman–Crippen LogP) is 4.88. The number of aliphatic hydroxyl groups is 2. The SMILES string of the molecule is C=C(NC(=O)c1csc(-c2nc3c(cc2O)-c2nc(cs2)C(=O)N[C@@H](C(C)O)C(=O)N/C(=C\C)c2nc(cs2)C(=O)NC2CC(O)C(=O)OCc4cccc5[nH]c(c(C)c45)C(=O)SCC(NC(=O)c4csc2n4)c2nc-3cs2)n1)C(N)=O. The van der Waals surface area contributed by atoms with Gasteiger partial charge in [0.15, 0.2) is 6.10 Å². The molecule has 0 fully saturated rings. The minimum absolute atomic E-state index is 0.0405. The van der Waals surface area contributed by atoms with Crippen molar-refractivity contribution in [3.05, 3.63) is 124 Å². The zero-order valence-corrected chi connectivity index (χ0v) is 47.6. The summed E-state index contributed by atoms with van der Waals surface area (Å²) in [5.41, 5.74) is 6.39. The second-order valence-corrected chi connectivity index (χ2v) is 23.5. The molecule has 10 rings (SSSR count). The fourth-order valence-corrected chi connectivity index (χ4v) is 13.6. The third kappa shape index (κ3) is 11.7. The smallest absolute Gasteiger partial charge is 0.335 e. The molecule has 0 spiro atoms. The van der Waals surface area contributed by atoms with Crippen LogP contribution < -0.4 is 32.3 Å². The van der Waals surface area contributed by atoms with E-state index in [9.17, 15) is 53.7 Å². The maximum Gasteiger partial charge on any atom is 0.335 e. The number of hydrogen-bond acceptors (Lipinski definition) is 24. The molecule has 0 saturated heterocycles. The van der Waals surface area contributed by atoms with Crippen molar-refractivity contribution in [2.75, 3.05) is 5.75 Å². The Morgan fingerprint density at radius 1 is 0.817 bits per heavy atom. The number of aromatic hydroxyl groups is 1. The summed E-state index contributed by atoms with van der Waals surface area (Å²) < 4.78 is 5.63. The van der Waals surface area contributed by atoms with E-state index in [1.54, 1.807) is 37.4 Å². The van der Waals surface area contributed by atoms with Crippen molar-refractivity contribution in [2.45, 2.75) is 64.1 Å². The van der Waals surface area contributed by atoms with Crippen LogP contribution in [0.15, 0.2) is 69.5 Å². The first-order chi connectivity index (χ1) is 39.2. The van der Waals surface area contributed by atoms with Crippen molar-refractivity contribution >= 4 is 132 Å². The first-order valence-electron chi connectivity index (χ1n) is 24.3. The number of benzene rings is 1. The number of nitrogens with one attached hydrogen (secondary N) is 6. The van der Waals surface area contributed by atoms with Gasteiger partial charge in [0, 0.05) is 55.5 Å². The molecule has 12 bridgehead atoms. The molecular formula is C51H43N13O12S6. The number of aryl methyl sites for hydroxylation is 1. The molecule has 0 aliphatic carbocycles. The molecule has 420 valence electrons. The summed E-state index contributed by atoms with van der Waals surface area (Å²) in [5.74, 6) is -6.66. The number of aliphatic hydroxyl groups excluding tert-OH is 2. The molecule has 4 unspecified atom stereocenters. The largest absolute Gasteiger partial charge is 0.506 e. The fraction of sp³-hybridized carbons (Fsp3) is 0.216. The number of nitrogens with zero attached hydrogens (tertiary/aromatic N) is 6. The van der Waals surface area contributed by atoms with Crippen molar-refractivity contribution in [3.8, 4) is 38.4 Å². The van der Waals surface area contributed by atoms with Crippen LogP contribution in [0.25, 0.3) is 49.3 Å². The van der Waals surface area contributed by atoms with Gasteiger partial charge in [-0.25, -0.2) is 34.7 Å². The predicted molar refractivity (Wildman–Crippen MR) is 305 cm³/mol. The van der Waals surface area contributed by atoms with Crippen molar-refractivity contribution in [3.63, 3.8) is 0 Å². The standard InChI is InChI=1S/C51H43N13O12S6/c1-5-23-46-60-28(14-79-46)41(70)56-25-10-33(67)50(74)76-11-21-7-6-8-24-34(21)18(2)35(54-24)51(75)82-17-31(57-42(71)29-15-80-47(25)61-29)48-58-26(12-78-48)37-22(45-59-30(13-77-45)43(72)64-36(20(4)65)44(73)55-23)9-32(66)38(63-37)49-62-27(16-81-49)40(69)53-19(3)39(52)68/h5-9,12-16,20,25,31,33,36,54,65-67H,3,10-11,17H2,1-2,4H3,(H2,52,68)(H,53,69)(H,55,73)(H,56,70)(H,57,71)(H,64,72)/b23-5-/t20?,25?,31?,33?,36-/m0/s1. The lowest BCUT2D eigenvalue weighted by Crippen LogP contribution is -2.52. The average Bonchev–Trinajstić information content (AvgIpc) is 4.37. The average molecular weight is 1220 g/mol. The van der Waals surface area contributed by atoms with E-state index in [1.807, 2.05) is 0 Å². The van der Waals surface area contributed by atoms with Gasteiger partial charge in [0.2, 0.25) is 11.0 Å². The molecule has 5 atom stereocenters. The number of pyridine rings is 1. The third-order valence-corrected chi connectivity index (χ3v) is 18.1. The highest BCUT2D eigenvalue weighted by atomic mass is 32.2. The van der Waals surface area contributed by atoms with E-state index in [2.05, 4.69) is 58.1 Å². The van der Waals surface area contributed by atoms with Gasteiger partial charge in [-0.1, -0.05) is 36.5 Å². The molecule has 2 aliphatic rings. The number of allylic oxidation sites excluding steroid dienone is 1. The van der Waals surface area contributed by atoms with Crippen LogP contribution in [0.2, 0.25) is 0 Å². The normalized spacial score (nSPS) is 19.2. The van der Waals surface area contributed by atoms with Crippen LogP contribution in [0.1, 0.15) is 111 Å². The number of aromatic nitrogens is 7. The first-order valence-corrected chi connectivity index (χ1v) is 29.7. The van der Waals surface area contributed by atoms with Gasteiger partial charge in [-0.2, -0.15) is 0 Å². The summed E-state index contributed by atoms with van der Waals surface area (Å²) in [6.45, 7) is 7.74. The maximum absolute atomic E-state index is 14.5. The molecule has 31 heteroatoms. The highest BCUT2D eigenvalue weighted by molar-refractivity contribution is 8.14. The summed E-state index contributed by atoms with van der Waals surface area (Å²) in [7, 11) is 0. The number of thiazole rings is 5. The van der Waals surface area contributed by atoms with Crippen LogP contribution in [-0.4, -0.2) is 121 Å². The van der Waals surface area contributed by atoms with Crippen LogP contribution in [0.3, 0.4) is 0 Å². The van der Waals surface area contributed by atoms with Gasteiger partial charge >= 0.3 is 5.97 Å². The summed E-state index contributed by atoms with van der Waals surface area (Å²) in [6, 6.07) is 2.64. The minimum Gasteiger partial charge on any atom is -0.506 e. The number of hydrogen-bond donors (Lipinski definition) is 10. The van der Waals surface area contributed by atoms with E-state index < -0.39 is 89.0 Å². The maximum atomic E-state index is 14.5. The number of H-pyrrole nitrogens is 1. The van der Waals surface area contributed by atoms with Gasteiger partial charge < -0.3 is 57.4 Å². The van der Waals surface area contributed by atoms with Crippen LogP contribution in [-0.2, 0) is 25.7 Å². The molecule has 9 heterocycles. The molecule has 8 aromatic rings. The van der Waals surface area contributed by atoms with Gasteiger partial charge in [0.05, 0.1) is 35.3 Å². The number of rotatable bonds is 5. The molecule has 82 heavy (non-hydrogen) atoms. The van der Waals surface area contributed by atoms with Gasteiger partial charge in [-0.15, -0.1) is 56.7 Å². The van der Waals surface area contributed by atoms with Crippen molar-refractivity contribution < 1.29 is 58.4 Å². The number of primary amides is 1.